The van der Waals surface area contributed by atoms with Gasteiger partial charge < -0.3 is 19.7 Å². The zero-order valence-electron chi connectivity index (χ0n) is 13.8. The lowest BCUT2D eigenvalue weighted by molar-refractivity contribution is 0.191. The molecule has 0 radical (unpaired) electrons. The average molecular weight is 295 g/mol. The molecule has 1 heterocycles. The van der Waals surface area contributed by atoms with Gasteiger partial charge in [-0.15, -0.1) is 0 Å². The lowest BCUT2D eigenvalue weighted by atomic mass is 10.2. The molecule has 5 nitrogen and oxygen atoms in total. The van der Waals surface area contributed by atoms with Gasteiger partial charge >= 0.3 is 0 Å². The van der Waals surface area contributed by atoms with Crippen LogP contribution in [0.25, 0.3) is 0 Å². The van der Waals surface area contributed by atoms with Gasteiger partial charge in [0.25, 0.3) is 0 Å². The standard InChI is InChI=1S/C16H29N3O2/c1-14(2)18-13-15-6-7-17-16(12-15)19(9-11-21-4)8-5-10-20-3/h6-7,12,14,18H,5,8-11,13H2,1-4H3. The molecule has 120 valence electrons. The van der Waals surface area contributed by atoms with Crippen LogP contribution in [-0.4, -0.2) is 51.5 Å². The topological polar surface area (TPSA) is 46.6 Å². The molecule has 1 aromatic heterocycles. The molecule has 0 aliphatic carbocycles. The Hall–Kier alpha value is -1.17. The minimum Gasteiger partial charge on any atom is -0.385 e. The maximum Gasteiger partial charge on any atom is 0.128 e. The highest BCUT2D eigenvalue weighted by Crippen LogP contribution is 2.13. The predicted molar refractivity (Wildman–Crippen MR) is 86.8 cm³/mol. The van der Waals surface area contributed by atoms with Gasteiger partial charge in [-0.3, -0.25) is 0 Å². The largest absolute Gasteiger partial charge is 0.385 e. The van der Waals surface area contributed by atoms with E-state index >= 15 is 0 Å². The third-order valence-electron chi connectivity index (χ3n) is 3.19. The summed E-state index contributed by atoms with van der Waals surface area (Å²) in [7, 11) is 3.46. The van der Waals surface area contributed by atoms with Crippen molar-refractivity contribution in [2.24, 2.45) is 0 Å². The van der Waals surface area contributed by atoms with Gasteiger partial charge in [-0.1, -0.05) is 13.8 Å². The molecule has 0 bridgehead atoms. The van der Waals surface area contributed by atoms with E-state index in [-0.39, 0.29) is 0 Å². The molecule has 0 fully saturated rings. The van der Waals surface area contributed by atoms with Crippen LogP contribution in [0.3, 0.4) is 0 Å². The average Bonchev–Trinajstić information content (AvgIpc) is 2.49. The van der Waals surface area contributed by atoms with Crippen LogP contribution in [0.2, 0.25) is 0 Å². The van der Waals surface area contributed by atoms with Gasteiger partial charge in [0.2, 0.25) is 0 Å². The maximum absolute atomic E-state index is 5.20. The second-order valence-corrected chi connectivity index (χ2v) is 5.38. The van der Waals surface area contributed by atoms with E-state index < -0.39 is 0 Å². The number of rotatable bonds is 11. The van der Waals surface area contributed by atoms with Gasteiger partial charge in [-0.25, -0.2) is 4.98 Å². The molecular formula is C16H29N3O2. The number of hydrogen-bond donors (Lipinski definition) is 1. The minimum atomic E-state index is 0.480. The Labute approximate surface area is 128 Å². The Morgan fingerprint density at radius 3 is 2.62 bits per heavy atom. The fourth-order valence-corrected chi connectivity index (χ4v) is 2.01. The van der Waals surface area contributed by atoms with Crippen LogP contribution >= 0.6 is 0 Å². The normalized spacial score (nSPS) is 11.1. The summed E-state index contributed by atoms with van der Waals surface area (Å²) in [5.74, 6) is 1.01. The molecule has 0 aromatic carbocycles. The number of hydrogen-bond acceptors (Lipinski definition) is 5. The molecule has 0 spiro atoms. The Balaban J connectivity index is 2.68. The molecule has 0 aliphatic heterocycles. The van der Waals surface area contributed by atoms with Crippen LogP contribution in [0.1, 0.15) is 25.8 Å². The molecule has 1 N–H and O–H groups in total. The van der Waals surface area contributed by atoms with Gasteiger partial charge in [0.15, 0.2) is 0 Å². The molecule has 1 aromatic rings. The SMILES string of the molecule is COCCCN(CCOC)c1cc(CNC(C)C)ccn1. The second kappa shape index (κ2) is 10.5. The van der Waals surface area contributed by atoms with Crippen molar-refractivity contribution in [1.82, 2.24) is 10.3 Å². The summed E-state index contributed by atoms with van der Waals surface area (Å²) in [5, 5.41) is 3.43. The summed E-state index contributed by atoms with van der Waals surface area (Å²) in [6.07, 6.45) is 2.86. The van der Waals surface area contributed by atoms with Gasteiger partial charge in [-0.05, 0) is 24.1 Å². The third kappa shape index (κ3) is 7.41. The molecule has 5 heteroatoms. The molecule has 0 amide bonds. The molecule has 1 rings (SSSR count). The van der Waals surface area contributed by atoms with Crippen LogP contribution in [0.15, 0.2) is 18.3 Å². The summed E-state index contributed by atoms with van der Waals surface area (Å²) in [5.41, 5.74) is 1.25. The number of methoxy groups -OCH3 is 2. The van der Waals surface area contributed by atoms with E-state index in [1.807, 2.05) is 6.20 Å². The summed E-state index contributed by atoms with van der Waals surface area (Å²) in [4.78, 5) is 6.75. The van der Waals surface area contributed by atoms with E-state index in [2.05, 4.69) is 41.2 Å². The second-order valence-electron chi connectivity index (χ2n) is 5.38. The predicted octanol–water partition coefficient (Wildman–Crippen LogP) is 2.07. The smallest absolute Gasteiger partial charge is 0.128 e. The van der Waals surface area contributed by atoms with Crippen LogP contribution in [-0.2, 0) is 16.0 Å². The van der Waals surface area contributed by atoms with Gasteiger partial charge in [0.05, 0.1) is 6.61 Å². The number of aromatic nitrogens is 1. The Kier molecular flexibility index (Phi) is 8.98. The van der Waals surface area contributed by atoms with Gasteiger partial charge in [0, 0.05) is 52.7 Å². The van der Waals surface area contributed by atoms with E-state index in [1.54, 1.807) is 14.2 Å². The monoisotopic (exact) mass is 295 g/mol. The quantitative estimate of drug-likeness (QED) is 0.633. The number of pyridine rings is 1. The van der Waals surface area contributed by atoms with Gasteiger partial charge in [0.1, 0.15) is 5.82 Å². The first-order valence-corrected chi connectivity index (χ1v) is 7.58. The molecule has 0 saturated heterocycles. The van der Waals surface area contributed by atoms with Crippen molar-refractivity contribution < 1.29 is 9.47 Å². The fraction of sp³-hybridized carbons (Fsp3) is 0.688. The fourth-order valence-electron chi connectivity index (χ4n) is 2.01. The third-order valence-corrected chi connectivity index (χ3v) is 3.19. The van der Waals surface area contributed by atoms with Crippen LogP contribution in [0.5, 0.6) is 0 Å². The van der Waals surface area contributed by atoms with E-state index in [4.69, 9.17) is 9.47 Å². The summed E-state index contributed by atoms with van der Waals surface area (Å²) >= 11 is 0. The maximum atomic E-state index is 5.20. The first-order valence-electron chi connectivity index (χ1n) is 7.58. The zero-order valence-corrected chi connectivity index (χ0v) is 13.8. The minimum absolute atomic E-state index is 0.480. The van der Waals surface area contributed by atoms with Crippen molar-refractivity contribution in [2.45, 2.75) is 32.9 Å². The first kappa shape index (κ1) is 17.9. The van der Waals surface area contributed by atoms with E-state index in [1.165, 1.54) is 5.56 Å². The summed E-state index contributed by atoms with van der Waals surface area (Å²) in [6.45, 7) is 8.39. The van der Waals surface area contributed by atoms with Gasteiger partial charge in [-0.2, -0.15) is 0 Å². The van der Waals surface area contributed by atoms with Crippen molar-refractivity contribution in [1.29, 1.82) is 0 Å². The number of nitrogens with zero attached hydrogens (tertiary/aromatic N) is 2. The van der Waals surface area contributed by atoms with E-state index in [0.717, 1.165) is 38.5 Å². The molecule has 0 unspecified atom stereocenters. The van der Waals surface area contributed by atoms with Crippen LogP contribution in [0, 0.1) is 0 Å². The molecular weight excluding hydrogens is 266 g/mol. The molecule has 21 heavy (non-hydrogen) atoms. The highest BCUT2D eigenvalue weighted by molar-refractivity contribution is 5.41. The van der Waals surface area contributed by atoms with Crippen molar-refractivity contribution >= 4 is 5.82 Å². The van der Waals surface area contributed by atoms with Crippen LogP contribution < -0.4 is 10.2 Å². The first-order chi connectivity index (χ1) is 10.2. The number of anilines is 1. The van der Waals surface area contributed by atoms with Crippen LogP contribution in [0.4, 0.5) is 5.82 Å². The van der Waals surface area contributed by atoms with E-state index in [0.29, 0.717) is 12.6 Å². The lowest BCUT2D eigenvalue weighted by Crippen LogP contribution is -2.30. The highest BCUT2D eigenvalue weighted by Gasteiger charge is 2.08. The van der Waals surface area contributed by atoms with Crippen molar-refractivity contribution in [2.75, 3.05) is 45.4 Å². The highest BCUT2D eigenvalue weighted by atomic mass is 16.5. The van der Waals surface area contributed by atoms with Crippen molar-refractivity contribution in [3.05, 3.63) is 23.9 Å². The number of nitrogens with one attached hydrogen (secondary N) is 1. The van der Waals surface area contributed by atoms with Crippen molar-refractivity contribution in [3.8, 4) is 0 Å². The number of ether oxygens (including phenoxy) is 2. The summed E-state index contributed by atoms with van der Waals surface area (Å²) in [6, 6.07) is 4.69. The molecule has 0 saturated carbocycles. The Morgan fingerprint density at radius 1 is 1.19 bits per heavy atom. The van der Waals surface area contributed by atoms with Crippen molar-refractivity contribution in [3.63, 3.8) is 0 Å². The molecule has 0 aliphatic rings. The zero-order chi connectivity index (χ0) is 15.5. The molecule has 0 atom stereocenters. The lowest BCUT2D eigenvalue weighted by Gasteiger charge is -2.24. The Morgan fingerprint density at radius 2 is 1.95 bits per heavy atom. The van der Waals surface area contributed by atoms with E-state index in [9.17, 15) is 0 Å². The summed E-state index contributed by atoms with van der Waals surface area (Å²) < 4.78 is 10.3. The Bertz CT molecular complexity index is 386.